The lowest BCUT2D eigenvalue weighted by Crippen LogP contribution is -2.36. The second kappa shape index (κ2) is 6.94. The molecule has 0 fully saturated rings. The second-order valence-corrected chi connectivity index (χ2v) is 7.86. The Hall–Kier alpha value is -1.17. The van der Waals surface area contributed by atoms with Crippen molar-refractivity contribution in [2.75, 3.05) is 0 Å². The number of rotatable bonds is 4. The molecule has 4 heteroatoms. The number of carbonyl (C=O) groups is 1. The highest BCUT2D eigenvalue weighted by Gasteiger charge is 2.35. The molecule has 1 aromatic carbocycles. The smallest absolute Gasteiger partial charge is 0.164 e. The SMILES string of the molecule is CC(C)CC1(C)N=C(N)C=C(Cc2ccc(I)cc2)CC1=O. The van der Waals surface area contributed by atoms with E-state index in [-0.39, 0.29) is 5.78 Å². The number of benzene rings is 1. The van der Waals surface area contributed by atoms with E-state index in [4.69, 9.17) is 5.73 Å². The van der Waals surface area contributed by atoms with Crippen LogP contribution < -0.4 is 5.73 Å². The average molecular weight is 410 g/mol. The van der Waals surface area contributed by atoms with Crippen LogP contribution in [0.3, 0.4) is 0 Å². The predicted octanol–water partition coefficient (Wildman–Crippen LogP) is 3.89. The van der Waals surface area contributed by atoms with Gasteiger partial charge in [-0.25, -0.2) is 0 Å². The fraction of sp³-hybridized carbons (Fsp3) is 0.444. The number of Topliss-reactive ketones (excluding diaryl/α,β-unsaturated/α-hetero) is 1. The Morgan fingerprint density at radius 2 is 1.95 bits per heavy atom. The highest BCUT2D eigenvalue weighted by Crippen LogP contribution is 2.28. The van der Waals surface area contributed by atoms with E-state index in [1.165, 1.54) is 9.13 Å². The topological polar surface area (TPSA) is 55.4 Å². The number of nitrogens with two attached hydrogens (primary N) is 1. The number of allylic oxidation sites excluding steroid dienone is 1. The molecule has 1 aliphatic rings. The van der Waals surface area contributed by atoms with Gasteiger partial charge in [0.15, 0.2) is 5.78 Å². The molecule has 22 heavy (non-hydrogen) atoms. The first-order valence-electron chi connectivity index (χ1n) is 7.61. The van der Waals surface area contributed by atoms with Gasteiger partial charge in [0.2, 0.25) is 0 Å². The zero-order valence-corrected chi connectivity index (χ0v) is 15.6. The molecule has 1 unspecified atom stereocenters. The van der Waals surface area contributed by atoms with Gasteiger partial charge >= 0.3 is 0 Å². The van der Waals surface area contributed by atoms with Crippen LogP contribution in [-0.4, -0.2) is 17.2 Å². The molecule has 3 nitrogen and oxygen atoms in total. The standard InChI is InChI=1S/C18H23IN2O/c1-12(2)11-18(3)16(22)9-14(10-17(20)21-18)8-13-4-6-15(19)7-5-13/h4-7,10,12H,8-9,11H2,1-3H3,(H2,20,21). The Bertz CT molecular complexity index is 616. The monoisotopic (exact) mass is 410 g/mol. The minimum atomic E-state index is -0.692. The number of hydrogen-bond acceptors (Lipinski definition) is 3. The molecule has 0 spiro atoms. The highest BCUT2D eigenvalue weighted by molar-refractivity contribution is 14.1. The minimum absolute atomic E-state index is 0.165. The summed E-state index contributed by atoms with van der Waals surface area (Å²) in [6.07, 6.45) is 3.79. The minimum Gasteiger partial charge on any atom is -0.384 e. The molecule has 1 atom stereocenters. The lowest BCUT2D eigenvalue weighted by molar-refractivity contribution is -0.123. The summed E-state index contributed by atoms with van der Waals surface area (Å²) in [5.74, 6) is 1.04. The maximum absolute atomic E-state index is 12.7. The Morgan fingerprint density at radius 3 is 2.55 bits per heavy atom. The van der Waals surface area contributed by atoms with Gasteiger partial charge in [-0.15, -0.1) is 0 Å². The zero-order valence-electron chi connectivity index (χ0n) is 13.4. The summed E-state index contributed by atoms with van der Waals surface area (Å²) >= 11 is 2.29. The summed E-state index contributed by atoms with van der Waals surface area (Å²) in [6, 6.07) is 8.35. The fourth-order valence-corrected chi connectivity index (χ4v) is 3.33. The largest absolute Gasteiger partial charge is 0.384 e. The maximum atomic E-state index is 12.7. The number of ketones is 1. The number of hydrogen-bond donors (Lipinski definition) is 1. The molecule has 2 rings (SSSR count). The molecule has 2 N–H and O–H groups in total. The maximum Gasteiger partial charge on any atom is 0.164 e. The lowest BCUT2D eigenvalue weighted by Gasteiger charge is -2.25. The van der Waals surface area contributed by atoms with Gasteiger partial charge in [0.25, 0.3) is 0 Å². The van der Waals surface area contributed by atoms with Crippen molar-refractivity contribution < 1.29 is 4.79 Å². The van der Waals surface area contributed by atoms with Gasteiger partial charge in [0.05, 0.1) is 0 Å². The van der Waals surface area contributed by atoms with E-state index < -0.39 is 5.54 Å². The van der Waals surface area contributed by atoms with E-state index in [1.54, 1.807) is 0 Å². The van der Waals surface area contributed by atoms with E-state index >= 15 is 0 Å². The van der Waals surface area contributed by atoms with Crippen LogP contribution >= 0.6 is 22.6 Å². The first kappa shape index (κ1) is 17.2. The number of aliphatic imine (C=N–C) groups is 1. The first-order valence-corrected chi connectivity index (χ1v) is 8.69. The number of halogens is 1. The summed E-state index contributed by atoms with van der Waals surface area (Å²) in [5, 5.41) is 0. The molecule has 1 aliphatic heterocycles. The molecule has 0 aliphatic carbocycles. The van der Waals surface area contributed by atoms with Crippen molar-refractivity contribution in [1.29, 1.82) is 0 Å². The third-order valence-corrected chi connectivity index (χ3v) is 4.59. The third-order valence-electron chi connectivity index (χ3n) is 3.87. The first-order chi connectivity index (χ1) is 10.3. The molecular weight excluding hydrogens is 387 g/mol. The van der Waals surface area contributed by atoms with Crippen LogP contribution in [0, 0.1) is 9.49 Å². The predicted molar refractivity (Wildman–Crippen MR) is 100 cm³/mol. The molecule has 1 aromatic rings. The molecule has 0 saturated carbocycles. The molecule has 118 valence electrons. The summed E-state index contributed by atoms with van der Waals surface area (Å²) in [4.78, 5) is 17.2. The van der Waals surface area contributed by atoms with Crippen LogP contribution in [0.15, 0.2) is 40.9 Å². The van der Waals surface area contributed by atoms with Crippen molar-refractivity contribution in [2.24, 2.45) is 16.6 Å². The van der Waals surface area contributed by atoms with Gasteiger partial charge in [-0.1, -0.05) is 31.6 Å². The molecular formula is C18H23IN2O. The van der Waals surface area contributed by atoms with Crippen LogP contribution in [0.4, 0.5) is 0 Å². The van der Waals surface area contributed by atoms with Crippen LogP contribution in [0.2, 0.25) is 0 Å². The van der Waals surface area contributed by atoms with Gasteiger partial charge in [0, 0.05) is 9.99 Å². The van der Waals surface area contributed by atoms with E-state index in [9.17, 15) is 4.79 Å². The molecule has 0 amide bonds. The molecule has 0 saturated heterocycles. The second-order valence-electron chi connectivity index (χ2n) is 6.61. The van der Waals surface area contributed by atoms with Crippen molar-refractivity contribution >= 4 is 34.2 Å². The summed E-state index contributed by atoms with van der Waals surface area (Å²) in [7, 11) is 0. The number of carbonyl (C=O) groups excluding carboxylic acids is 1. The molecule has 0 radical (unpaired) electrons. The van der Waals surface area contributed by atoms with Crippen molar-refractivity contribution in [2.45, 2.75) is 45.6 Å². The van der Waals surface area contributed by atoms with Gasteiger partial charge in [0.1, 0.15) is 11.4 Å². The number of amidine groups is 1. The summed E-state index contributed by atoms with van der Waals surface area (Å²) in [6.45, 7) is 6.12. The van der Waals surface area contributed by atoms with Crippen LogP contribution in [-0.2, 0) is 11.2 Å². The molecule has 1 heterocycles. The van der Waals surface area contributed by atoms with Crippen molar-refractivity contribution in [3.63, 3.8) is 0 Å². The van der Waals surface area contributed by atoms with E-state index in [1.807, 2.05) is 13.0 Å². The zero-order chi connectivity index (χ0) is 16.3. The molecule has 0 aromatic heterocycles. The van der Waals surface area contributed by atoms with Crippen molar-refractivity contribution in [3.8, 4) is 0 Å². The van der Waals surface area contributed by atoms with Crippen LogP contribution in [0.25, 0.3) is 0 Å². The van der Waals surface area contributed by atoms with Crippen LogP contribution in [0.5, 0.6) is 0 Å². The van der Waals surface area contributed by atoms with Gasteiger partial charge in [-0.3, -0.25) is 9.79 Å². The van der Waals surface area contributed by atoms with Crippen molar-refractivity contribution in [3.05, 3.63) is 45.0 Å². The molecule has 0 bridgehead atoms. The Morgan fingerprint density at radius 1 is 1.32 bits per heavy atom. The third kappa shape index (κ3) is 4.41. The van der Waals surface area contributed by atoms with Crippen molar-refractivity contribution in [1.82, 2.24) is 0 Å². The van der Waals surface area contributed by atoms with E-state index in [2.05, 4.69) is 65.7 Å². The number of nitrogens with zero attached hydrogens (tertiary/aromatic N) is 1. The Labute approximate surface area is 146 Å². The highest BCUT2D eigenvalue weighted by atomic mass is 127. The fourth-order valence-electron chi connectivity index (χ4n) is 2.97. The Balaban J connectivity index is 2.19. The van der Waals surface area contributed by atoms with Crippen LogP contribution in [0.1, 0.15) is 39.2 Å². The Kier molecular flexibility index (Phi) is 5.42. The lowest BCUT2D eigenvalue weighted by atomic mass is 9.84. The van der Waals surface area contributed by atoms with E-state index in [0.717, 1.165) is 18.4 Å². The summed E-state index contributed by atoms with van der Waals surface area (Å²) in [5.41, 5.74) is 7.58. The quantitative estimate of drug-likeness (QED) is 0.766. The normalized spacial score (nSPS) is 22.3. The van der Waals surface area contributed by atoms with Gasteiger partial charge in [-0.05, 0) is 72.0 Å². The van der Waals surface area contributed by atoms with E-state index in [0.29, 0.717) is 18.2 Å². The van der Waals surface area contributed by atoms with Gasteiger partial charge in [-0.2, -0.15) is 0 Å². The average Bonchev–Trinajstić information content (AvgIpc) is 2.48. The summed E-state index contributed by atoms with van der Waals surface area (Å²) < 4.78 is 1.21. The van der Waals surface area contributed by atoms with Gasteiger partial charge < -0.3 is 5.73 Å².